The molecule has 1 aliphatic rings. The minimum atomic E-state index is -0.138. The molecule has 2 aromatic heterocycles. The maximum absolute atomic E-state index is 8.24. The number of nitrogens with one attached hydrogen (secondary N) is 1. The molecule has 1 aliphatic carbocycles. The minimum Gasteiger partial charge on any atom is -0.471 e. The van der Waals surface area contributed by atoms with Gasteiger partial charge in [0.25, 0.3) is 0 Å². The van der Waals surface area contributed by atoms with Gasteiger partial charge in [-0.15, -0.1) is 0 Å². The van der Waals surface area contributed by atoms with E-state index in [0.29, 0.717) is 22.8 Å². The van der Waals surface area contributed by atoms with Crippen LogP contribution < -0.4 is 10.5 Å². The third kappa shape index (κ3) is 2.95. The Balaban J connectivity index is 1.93. The van der Waals surface area contributed by atoms with Crippen molar-refractivity contribution in [1.29, 1.82) is 5.41 Å². The zero-order valence-corrected chi connectivity index (χ0v) is 12.2. The predicted molar refractivity (Wildman–Crippen MR) is 79.9 cm³/mol. The summed E-state index contributed by atoms with van der Waals surface area (Å²) in [6, 6.07) is 3.18. The van der Waals surface area contributed by atoms with Crippen molar-refractivity contribution in [2.75, 3.05) is 5.73 Å². The van der Waals surface area contributed by atoms with Crippen LogP contribution in [0.5, 0.6) is 5.88 Å². The number of anilines is 1. The van der Waals surface area contributed by atoms with E-state index >= 15 is 0 Å². The fourth-order valence-electron chi connectivity index (χ4n) is 1.86. The molecule has 0 unspecified atom stereocenters. The molecule has 0 aliphatic heterocycles. The van der Waals surface area contributed by atoms with Crippen LogP contribution in [0.15, 0.2) is 24.7 Å². The third-order valence-corrected chi connectivity index (χ3v) is 3.58. The molecule has 2 heterocycles. The first-order valence-corrected chi connectivity index (χ1v) is 6.86. The molecule has 21 heavy (non-hydrogen) atoms. The second-order valence-corrected chi connectivity index (χ2v) is 5.65. The van der Waals surface area contributed by atoms with Gasteiger partial charge < -0.3 is 10.5 Å². The van der Waals surface area contributed by atoms with Crippen molar-refractivity contribution < 1.29 is 4.74 Å². The Labute approximate surface area is 126 Å². The van der Waals surface area contributed by atoms with Gasteiger partial charge in [-0.05, 0) is 19.8 Å². The summed E-state index contributed by atoms with van der Waals surface area (Å²) in [5.74, 6) is 0.462. The summed E-state index contributed by atoms with van der Waals surface area (Å²) in [6.07, 6.45) is 4.82. The molecule has 3 N–H and O–H groups in total. The van der Waals surface area contributed by atoms with E-state index in [1.165, 1.54) is 18.6 Å². The van der Waals surface area contributed by atoms with E-state index in [0.717, 1.165) is 12.8 Å². The van der Waals surface area contributed by atoms with Crippen LogP contribution in [0.25, 0.3) is 0 Å². The number of hydrogen-bond donors (Lipinski definition) is 2. The van der Waals surface area contributed by atoms with Crippen LogP contribution in [0.1, 0.15) is 31.0 Å². The molecule has 1 fully saturated rings. The van der Waals surface area contributed by atoms with Crippen molar-refractivity contribution in [3.8, 4) is 5.88 Å². The van der Waals surface area contributed by atoms with Gasteiger partial charge in [0, 0.05) is 17.7 Å². The molecule has 0 spiro atoms. The molecule has 108 valence electrons. The molecule has 0 bridgehead atoms. The van der Waals surface area contributed by atoms with Crippen LogP contribution in [0.4, 0.5) is 5.69 Å². The van der Waals surface area contributed by atoms with Gasteiger partial charge in [-0.2, -0.15) is 0 Å². The first kappa shape index (κ1) is 13.8. The second kappa shape index (κ2) is 4.96. The lowest BCUT2D eigenvalue weighted by Crippen LogP contribution is -2.15. The highest BCUT2D eigenvalue weighted by Crippen LogP contribution is 2.39. The van der Waals surface area contributed by atoms with Crippen LogP contribution in [0.2, 0.25) is 5.15 Å². The van der Waals surface area contributed by atoms with E-state index in [2.05, 4.69) is 15.0 Å². The molecule has 0 aromatic carbocycles. The van der Waals surface area contributed by atoms with Crippen molar-refractivity contribution in [2.45, 2.75) is 25.4 Å². The number of pyridine rings is 1. The van der Waals surface area contributed by atoms with E-state index in [4.69, 9.17) is 27.5 Å². The van der Waals surface area contributed by atoms with E-state index < -0.39 is 0 Å². The summed E-state index contributed by atoms with van der Waals surface area (Å²) < 4.78 is 5.80. The second-order valence-electron chi connectivity index (χ2n) is 5.26. The highest BCUT2D eigenvalue weighted by atomic mass is 35.5. The lowest BCUT2D eigenvalue weighted by atomic mass is 10.1. The molecule has 0 amide bonds. The first-order valence-electron chi connectivity index (χ1n) is 6.48. The Morgan fingerprint density at radius 2 is 2.10 bits per heavy atom. The largest absolute Gasteiger partial charge is 0.471 e. The van der Waals surface area contributed by atoms with Gasteiger partial charge in [0.05, 0.1) is 23.3 Å². The molecule has 0 saturated heterocycles. The highest BCUT2D eigenvalue weighted by molar-refractivity contribution is 6.30. The molecule has 3 rings (SSSR count). The van der Waals surface area contributed by atoms with Gasteiger partial charge in [0.15, 0.2) is 0 Å². The summed E-state index contributed by atoms with van der Waals surface area (Å²) in [6.45, 7) is 2.03. The Morgan fingerprint density at radius 1 is 1.33 bits per heavy atom. The monoisotopic (exact) mass is 303 g/mol. The molecular weight excluding hydrogens is 290 g/mol. The molecule has 6 nitrogen and oxygen atoms in total. The third-order valence-electron chi connectivity index (χ3n) is 3.37. The van der Waals surface area contributed by atoms with E-state index in [-0.39, 0.29) is 16.5 Å². The molecule has 2 aromatic rings. The molecule has 1 saturated carbocycles. The number of halogens is 1. The van der Waals surface area contributed by atoms with Crippen molar-refractivity contribution >= 4 is 23.0 Å². The quantitative estimate of drug-likeness (QED) is 0.668. The van der Waals surface area contributed by atoms with Gasteiger partial charge in [0.2, 0.25) is 5.88 Å². The number of nitrogen functional groups attached to an aromatic ring is 1. The minimum absolute atomic E-state index is 0.138. The highest BCUT2D eigenvalue weighted by Gasteiger charge is 2.40. The standard InChI is InChI=1S/C14H14ClN5O/c1-14(2-3-14)21-12-4-8(9(16)6-18-12)13(17)10-5-11(15)20-7-19-10/h4-7,17H,2-3,16H2,1H3. The van der Waals surface area contributed by atoms with E-state index in [1.807, 2.05) is 6.92 Å². The van der Waals surface area contributed by atoms with Gasteiger partial charge in [0.1, 0.15) is 17.1 Å². The molecular formula is C14H14ClN5O. The molecule has 0 atom stereocenters. The van der Waals surface area contributed by atoms with Gasteiger partial charge in [-0.3, -0.25) is 5.41 Å². The number of nitrogens with two attached hydrogens (primary N) is 1. The van der Waals surface area contributed by atoms with Crippen molar-refractivity contribution in [2.24, 2.45) is 0 Å². The normalized spacial score (nSPS) is 15.5. The lowest BCUT2D eigenvalue weighted by Gasteiger charge is -2.14. The summed E-state index contributed by atoms with van der Waals surface area (Å²) in [7, 11) is 0. The van der Waals surface area contributed by atoms with Crippen LogP contribution in [0, 0.1) is 5.41 Å². The van der Waals surface area contributed by atoms with E-state index in [9.17, 15) is 0 Å². The van der Waals surface area contributed by atoms with Crippen molar-refractivity contribution in [3.63, 3.8) is 0 Å². The van der Waals surface area contributed by atoms with Crippen molar-refractivity contribution in [3.05, 3.63) is 41.1 Å². The fourth-order valence-corrected chi connectivity index (χ4v) is 2.00. The lowest BCUT2D eigenvalue weighted by molar-refractivity contribution is 0.191. The zero-order chi connectivity index (χ0) is 15.0. The van der Waals surface area contributed by atoms with Crippen LogP contribution >= 0.6 is 11.6 Å². The maximum atomic E-state index is 8.24. The van der Waals surface area contributed by atoms with E-state index in [1.54, 1.807) is 6.07 Å². The first-order chi connectivity index (χ1) is 9.97. The van der Waals surface area contributed by atoms with Gasteiger partial charge in [-0.1, -0.05) is 11.6 Å². The Kier molecular flexibility index (Phi) is 3.25. The topological polar surface area (TPSA) is 97.8 Å². The predicted octanol–water partition coefficient (Wildman–Crippen LogP) is 2.45. The fraction of sp³-hybridized carbons (Fsp3) is 0.286. The SMILES string of the molecule is CC1(Oc2cc(C(=N)c3cc(Cl)ncn3)c(N)cn2)CC1. The average molecular weight is 304 g/mol. The number of aromatic nitrogens is 3. The zero-order valence-electron chi connectivity index (χ0n) is 11.4. The Morgan fingerprint density at radius 3 is 2.76 bits per heavy atom. The number of ether oxygens (including phenoxy) is 1. The van der Waals surface area contributed by atoms with Crippen LogP contribution in [-0.2, 0) is 0 Å². The summed E-state index contributed by atoms with van der Waals surface area (Å²) in [5, 5.41) is 8.52. The smallest absolute Gasteiger partial charge is 0.214 e. The van der Waals surface area contributed by atoms with Gasteiger partial charge >= 0.3 is 0 Å². The average Bonchev–Trinajstić information content (AvgIpc) is 3.18. The molecule has 7 heteroatoms. The number of nitrogens with zero attached hydrogens (tertiary/aromatic N) is 3. The Bertz CT molecular complexity index is 714. The molecule has 0 radical (unpaired) electrons. The van der Waals surface area contributed by atoms with Crippen molar-refractivity contribution in [1.82, 2.24) is 15.0 Å². The summed E-state index contributed by atoms with van der Waals surface area (Å²) in [5.41, 5.74) is 7.23. The Hall–Kier alpha value is -2.21. The van der Waals surface area contributed by atoms with Crippen LogP contribution in [0.3, 0.4) is 0 Å². The summed E-state index contributed by atoms with van der Waals surface area (Å²) >= 11 is 5.83. The maximum Gasteiger partial charge on any atom is 0.214 e. The number of hydrogen-bond acceptors (Lipinski definition) is 6. The summed E-state index contributed by atoms with van der Waals surface area (Å²) in [4.78, 5) is 12.0. The van der Waals surface area contributed by atoms with Gasteiger partial charge in [-0.25, -0.2) is 15.0 Å². The van der Waals surface area contributed by atoms with Crippen LogP contribution in [-0.4, -0.2) is 26.3 Å². The number of rotatable bonds is 4.